The van der Waals surface area contributed by atoms with Gasteiger partial charge in [0.25, 0.3) is 0 Å². The van der Waals surface area contributed by atoms with Crippen molar-refractivity contribution in [1.29, 1.82) is 0 Å². The van der Waals surface area contributed by atoms with Crippen LogP contribution in [0.3, 0.4) is 0 Å². The molecule has 0 aliphatic carbocycles. The van der Waals surface area contributed by atoms with Crippen LogP contribution in [0.2, 0.25) is 0 Å². The normalized spacial score (nSPS) is 11.1. The molecule has 0 atom stereocenters. The summed E-state index contributed by atoms with van der Waals surface area (Å²) in [6.45, 7) is 1.27. The first kappa shape index (κ1) is 19.1. The van der Waals surface area contributed by atoms with Gasteiger partial charge in [-0.3, -0.25) is 14.4 Å². The van der Waals surface area contributed by atoms with Gasteiger partial charge in [0.05, 0.1) is 13.0 Å². The number of carbonyl (C=O) groups excluding carboxylic acids is 3. The second-order valence-corrected chi connectivity index (χ2v) is 5.55. The Hall–Kier alpha value is -3.26. The predicted molar refractivity (Wildman–Crippen MR) is 98.5 cm³/mol. The molecule has 0 saturated carbocycles. The summed E-state index contributed by atoms with van der Waals surface area (Å²) in [4.78, 5) is 34.8. The number of anilines is 1. The fourth-order valence-electron chi connectivity index (χ4n) is 2.19. The lowest BCUT2D eigenvalue weighted by atomic mass is 10.1. The molecule has 0 aliphatic heterocycles. The molecule has 0 bridgehead atoms. The second-order valence-electron chi connectivity index (χ2n) is 5.55. The minimum absolute atomic E-state index is 0.0247. The summed E-state index contributed by atoms with van der Waals surface area (Å²) in [6.07, 6.45) is -0.0363. The number of benzene rings is 2. The molecule has 3 amide bonds. The van der Waals surface area contributed by atoms with E-state index in [1.807, 2.05) is 36.4 Å². The first-order valence-electron chi connectivity index (χ1n) is 8.00. The van der Waals surface area contributed by atoms with Crippen LogP contribution in [0.15, 0.2) is 47.6 Å². The summed E-state index contributed by atoms with van der Waals surface area (Å²) in [5, 5.41) is 19.3. The molecule has 2 aromatic rings. The molecule has 0 unspecified atom stereocenters. The summed E-state index contributed by atoms with van der Waals surface area (Å²) < 4.78 is 0. The van der Waals surface area contributed by atoms with E-state index in [1.54, 1.807) is 13.0 Å². The quantitative estimate of drug-likeness (QED) is 0.347. The fourth-order valence-corrected chi connectivity index (χ4v) is 2.19. The number of carbonyl (C=O) groups is 3. The van der Waals surface area contributed by atoms with Gasteiger partial charge in [-0.25, -0.2) is 5.43 Å². The minimum atomic E-state index is -0.965. The van der Waals surface area contributed by atoms with Crippen LogP contribution in [0.4, 0.5) is 5.69 Å². The molecule has 136 valence electrons. The van der Waals surface area contributed by atoms with Crippen molar-refractivity contribution in [2.24, 2.45) is 5.10 Å². The molecule has 0 aromatic heterocycles. The highest BCUT2D eigenvalue weighted by Crippen LogP contribution is 2.18. The van der Waals surface area contributed by atoms with Crippen LogP contribution >= 0.6 is 0 Å². The largest absolute Gasteiger partial charge is 0.395 e. The minimum Gasteiger partial charge on any atom is -0.395 e. The van der Waals surface area contributed by atoms with Crippen LogP contribution in [0.5, 0.6) is 0 Å². The van der Waals surface area contributed by atoms with Crippen molar-refractivity contribution in [3.63, 3.8) is 0 Å². The van der Waals surface area contributed by atoms with Crippen molar-refractivity contribution in [2.45, 2.75) is 13.3 Å². The number of fused-ring (bicyclic) bond motifs is 1. The fraction of sp³-hybridized carbons (Fsp3) is 0.222. The molecule has 0 saturated heterocycles. The van der Waals surface area contributed by atoms with E-state index in [0.717, 1.165) is 10.8 Å². The average Bonchev–Trinajstić information content (AvgIpc) is 2.63. The van der Waals surface area contributed by atoms with Crippen LogP contribution in [-0.2, 0) is 14.4 Å². The van der Waals surface area contributed by atoms with Crippen LogP contribution in [0.25, 0.3) is 10.8 Å². The van der Waals surface area contributed by atoms with Crippen molar-refractivity contribution in [3.05, 3.63) is 42.5 Å². The van der Waals surface area contributed by atoms with E-state index < -0.39 is 11.8 Å². The van der Waals surface area contributed by atoms with E-state index in [4.69, 9.17) is 5.11 Å². The number of aliphatic hydroxyl groups is 1. The third-order valence-corrected chi connectivity index (χ3v) is 3.40. The lowest BCUT2D eigenvalue weighted by molar-refractivity contribution is -0.139. The Morgan fingerprint density at radius 3 is 2.50 bits per heavy atom. The third kappa shape index (κ3) is 5.67. The Bertz CT molecular complexity index is 848. The number of hydrazone groups is 1. The molecule has 2 rings (SSSR count). The van der Waals surface area contributed by atoms with Gasteiger partial charge in [0.2, 0.25) is 5.91 Å². The molecule has 26 heavy (non-hydrogen) atoms. The molecular formula is C18H20N4O4. The van der Waals surface area contributed by atoms with Gasteiger partial charge in [-0.2, -0.15) is 5.10 Å². The molecular weight excluding hydrogens is 336 g/mol. The monoisotopic (exact) mass is 356 g/mol. The Balaban J connectivity index is 1.87. The van der Waals surface area contributed by atoms with E-state index in [9.17, 15) is 14.4 Å². The Kier molecular flexibility index (Phi) is 6.81. The lowest BCUT2D eigenvalue weighted by Crippen LogP contribution is -2.39. The van der Waals surface area contributed by atoms with Crippen molar-refractivity contribution < 1.29 is 19.5 Å². The van der Waals surface area contributed by atoms with Crippen molar-refractivity contribution in [3.8, 4) is 0 Å². The maximum atomic E-state index is 12.1. The van der Waals surface area contributed by atoms with E-state index in [-0.39, 0.29) is 25.5 Å². The first-order chi connectivity index (χ1) is 12.5. The zero-order valence-corrected chi connectivity index (χ0v) is 14.3. The maximum absolute atomic E-state index is 12.1. The summed E-state index contributed by atoms with van der Waals surface area (Å²) in [6, 6.07) is 13.4. The number of nitrogens with zero attached hydrogens (tertiary/aromatic N) is 1. The van der Waals surface area contributed by atoms with Gasteiger partial charge in [-0.05, 0) is 29.8 Å². The van der Waals surface area contributed by atoms with Crippen molar-refractivity contribution in [2.75, 3.05) is 18.5 Å². The number of hydrogen-bond donors (Lipinski definition) is 4. The molecule has 8 nitrogen and oxygen atoms in total. The van der Waals surface area contributed by atoms with Crippen LogP contribution in [-0.4, -0.2) is 41.7 Å². The highest BCUT2D eigenvalue weighted by molar-refractivity contribution is 6.35. The molecule has 2 aromatic carbocycles. The van der Waals surface area contributed by atoms with E-state index >= 15 is 0 Å². The summed E-state index contributed by atoms with van der Waals surface area (Å²) in [7, 11) is 0. The highest BCUT2D eigenvalue weighted by Gasteiger charge is 2.12. The van der Waals surface area contributed by atoms with Crippen molar-refractivity contribution >= 4 is 39.9 Å². The smallest absolute Gasteiger partial charge is 0.329 e. The Morgan fingerprint density at radius 1 is 1.04 bits per heavy atom. The van der Waals surface area contributed by atoms with Gasteiger partial charge < -0.3 is 15.7 Å². The second kappa shape index (κ2) is 9.28. The Labute approximate surface area is 150 Å². The van der Waals surface area contributed by atoms with Crippen molar-refractivity contribution in [1.82, 2.24) is 10.7 Å². The molecule has 0 radical (unpaired) electrons. The summed E-state index contributed by atoms with van der Waals surface area (Å²) in [5.74, 6) is -2.16. The molecule has 0 fully saturated rings. The topological polar surface area (TPSA) is 120 Å². The number of aliphatic hydroxyl groups excluding tert-OH is 1. The molecule has 0 aliphatic rings. The van der Waals surface area contributed by atoms with Crippen LogP contribution in [0.1, 0.15) is 13.3 Å². The number of amides is 3. The standard InChI is InChI=1S/C18H20N4O4/c1-12(21-22-18(26)17(25)19-8-9-23)10-16(24)20-15-7-6-13-4-2-3-5-14(13)11-15/h2-7,11,23H,8-10H2,1H3,(H,19,25)(H,20,24)(H,22,26)/b21-12+. The first-order valence-corrected chi connectivity index (χ1v) is 8.00. The van der Waals surface area contributed by atoms with Crippen LogP contribution in [0, 0.1) is 0 Å². The molecule has 0 spiro atoms. The zero-order chi connectivity index (χ0) is 18.9. The van der Waals surface area contributed by atoms with E-state index in [2.05, 4.69) is 21.2 Å². The third-order valence-electron chi connectivity index (χ3n) is 3.40. The predicted octanol–water partition coefficient (Wildman–Crippen LogP) is 0.769. The molecule has 0 heterocycles. The maximum Gasteiger partial charge on any atom is 0.329 e. The number of rotatable bonds is 6. The Morgan fingerprint density at radius 2 is 1.77 bits per heavy atom. The molecule has 8 heteroatoms. The number of nitrogens with one attached hydrogen (secondary N) is 3. The van der Waals surface area contributed by atoms with Gasteiger partial charge in [-0.15, -0.1) is 0 Å². The SMILES string of the molecule is C/C(CC(=O)Nc1ccc2ccccc2c1)=N\NC(=O)C(=O)NCCO. The van der Waals surface area contributed by atoms with Crippen LogP contribution < -0.4 is 16.1 Å². The lowest BCUT2D eigenvalue weighted by Gasteiger charge is -2.07. The van der Waals surface area contributed by atoms with Gasteiger partial charge >= 0.3 is 11.8 Å². The van der Waals surface area contributed by atoms with Gasteiger partial charge in [0.15, 0.2) is 0 Å². The van der Waals surface area contributed by atoms with E-state index in [1.165, 1.54) is 0 Å². The van der Waals surface area contributed by atoms with Gasteiger partial charge in [0, 0.05) is 17.9 Å². The number of hydrogen-bond acceptors (Lipinski definition) is 5. The molecule has 4 N–H and O–H groups in total. The van der Waals surface area contributed by atoms with Gasteiger partial charge in [0.1, 0.15) is 0 Å². The highest BCUT2D eigenvalue weighted by atomic mass is 16.3. The van der Waals surface area contributed by atoms with E-state index in [0.29, 0.717) is 11.4 Å². The van der Waals surface area contributed by atoms with Gasteiger partial charge in [-0.1, -0.05) is 30.3 Å². The average molecular weight is 356 g/mol. The summed E-state index contributed by atoms with van der Waals surface area (Å²) in [5.41, 5.74) is 3.06. The zero-order valence-electron chi connectivity index (χ0n) is 14.3. The summed E-state index contributed by atoms with van der Waals surface area (Å²) >= 11 is 0.